The van der Waals surface area contributed by atoms with Crippen LogP contribution in [-0.2, 0) is 6.54 Å². The fourth-order valence-corrected chi connectivity index (χ4v) is 2.31. The lowest BCUT2D eigenvalue weighted by Gasteiger charge is -2.21. The zero-order valence-electron chi connectivity index (χ0n) is 11.2. The summed E-state index contributed by atoms with van der Waals surface area (Å²) >= 11 is 0. The van der Waals surface area contributed by atoms with Crippen molar-refractivity contribution in [2.24, 2.45) is 0 Å². The van der Waals surface area contributed by atoms with Crippen LogP contribution in [0.2, 0.25) is 0 Å². The number of hydrogen-bond donors (Lipinski definition) is 1. The van der Waals surface area contributed by atoms with Crippen molar-refractivity contribution in [2.45, 2.75) is 13.0 Å². The van der Waals surface area contributed by atoms with E-state index >= 15 is 0 Å². The van der Waals surface area contributed by atoms with Crippen molar-refractivity contribution < 1.29 is 9.47 Å². The highest BCUT2D eigenvalue weighted by molar-refractivity contribution is 5.40. The molecule has 18 heavy (non-hydrogen) atoms. The minimum absolute atomic E-state index is 0.888. The second kappa shape index (κ2) is 6.61. The smallest absolute Gasteiger partial charge is 0.123 e. The molecule has 100 valence electrons. The molecule has 1 aliphatic heterocycles. The molecule has 0 bridgehead atoms. The van der Waals surface area contributed by atoms with Crippen LogP contribution in [0.3, 0.4) is 0 Å². The van der Waals surface area contributed by atoms with Crippen molar-refractivity contribution in [2.75, 3.05) is 40.4 Å². The molecule has 0 spiro atoms. The van der Waals surface area contributed by atoms with E-state index in [9.17, 15) is 0 Å². The minimum Gasteiger partial charge on any atom is -0.497 e. The van der Waals surface area contributed by atoms with Crippen molar-refractivity contribution >= 4 is 0 Å². The average Bonchev–Trinajstić information content (AvgIpc) is 2.67. The molecule has 1 aliphatic rings. The number of hydrogen-bond acceptors (Lipinski definition) is 4. The Kier molecular flexibility index (Phi) is 4.84. The second-order valence-electron chi connectivity index (χ2n) is 4.56. The van der Waals surface area contributed by atoms with Crippen LogP contribution in [0.4, 0.5) is 0 Å². The Balaban J connectivity index is 2.10. The van der Waals surface area contributed by atoms with Crippen molar-refractivity contribution in [3.05, 3.63) is 23.8 Å². The van der Waals surface area contributed by atoms with Gasteiger partial charge < -0.3 is 14.8 Å². The standard InChI is InChI=1S/C14H22N2O2/c1-17-13-4-5-14(18-2)12(10-13)11-16-8-3-6-15-7-9-16/h4-5,10,15H,3,6-9,11H2,1-2H3. The summed E-state index contributed by atoms with van der Waals surface area (Å²) < 4.78 is 10.7. The van der Waals surface area contributed by atoms with Gasteiger partial charge in [0.1, 0.15) is 11.5 Å². The van der Waals surface area contributed by atoms with Crippen LogP contribution in [0.25, 0.3) is 0 Å². The van der Waals surface area contributed by atoms with Gasteiger partial charge in [0.2, 0.25) is 0 Å². The van der Waals surface area contributed by atoms with Crippen LogP contribution in [0.1, 0.15) is 12.0 Å². The number of rotatable bonds is 4. The zero-order chi connectivity index (χ0) is 12.8. The number of benzene rings is 1. The SMILES string of the molecule is COc1ccc(OC)c(CN2CCCNCC2)c1. The Morgan fingerprint density at radius 2 is 2.06 bits per heavy atom. The first-order valence-electron chi connectivity index (χ1n) is 6.47. The molecule has 1 N–H and O–H groups in total. The van der Waals surface area contributed by atoms with Crippen molar-refractivity contribution in [1.82, 2.24) is 10.2 Å². The van der Waals surface area contributed by atoms with Gasteiger partial charge in [-0.2, -0.15) is 0 Å². The van der Waals surface area contributed by atoms with Crippen LogP contribution in [0.5, 0.6) is 11.5 Å². The van der Waals surface area contributed by atoms with Gasteiger partial charge in [-0.15, -0.1) is 0 Å². The van der Waals surface area contributed by atoms with Gasteiger partial charge in [0.25, 0.3) is 0 Å². The van der Waals surface area contributed by atoms with Gasteiger partial charge in [-0.1, -0.05) is 0 Å². The van der Waals surface area contributed by atoms with Gasteiger partial charge in [-0.25, -0.2) is 0 Å². The van der Waals surface area contributed by atoms with E-state index in [1.54, 1.807) is 14.2 Å². The highest BCUT2D eigenvalue weighted by Crippen LogP contribution is 2.25. The number of ether oxygens (including phenoxy) is 2. The third-order valence-electron chi connectivity index (χ3n) is 3.31. The summed E-state index contributed by atoms with van der Waals surface area (Å²) in [5.41, 5.74) is 1.19. The lowest BCUT2D eigenvalue weighted by molar-refractivity contribution is 0.278. The molecule has 1 heterocycles. The van der Waals surface area contributed by atoms with Crippen molar-refractivity contribution in [1.29, 1.82) is 0 Å². The highest BCUT2D eigenvalue weighted by atomic mass is 16.5. The number of nitrogens with zero attached hydrogens (tertiary/aromatic N) is 1. The summed E-state index contributed by atoms with van der Waals surface area (Å²) in [7, 11) is 3.41. The fraction of sp³-hybridized carbons (Fsp3) is 0.571. The van der Waals surface area contributed by atoms with Crippen LogP contribution in [0, 0.1) is 0 Å². The maximum absolute atomic E-state index is 5.42. The molecule has 2 rings (SSSR count). The molecule has 1 fully saturated rings. The van der Waals surface area contributed by atoms with Gasteiger partial charge in [0.05, 0.1) is 14.2 Å². The molecule has 1 saturated heterocycles. The van der Waals surface area contributed by atoms with Crippen LogP contribution < -0.4 is 14.8 Å². The normalized spacial score (nSPS) is 17.2. The third kappa shape index (κ3) is 3.37. The molecular weight excluding hydrogens is 228 g/mol. The van der Waals surface area contributed by atoms with E-state index in [2.05, 4.69) is 16.3 Å². The third-order valence-corrected chi connectivity index (χ3v) is 3.31. The molecule has 0 atom stereocenters. The molecule has 0 aromatic heterocycles. The number of nitrogens with one attached hydrogen (secondary N) is 1. The zero-order valence-corrected chi connectivity index (χ0v) is 11.2. The maximum atomic E-state index is 5.42. The van der Waals surface area contributed by atoms with E-state index in [1.807, 2.05) is 12.1 Å². The molecule has 0 amide bonds. The summed E-state index contributed by atoms with van der Waals surface area (Å²) in [6.07, 6.45) is 1.20. The molecular formula is C14H22N2O2. The Hall–Kier alpha value is -1.26. The van der Waals surface area contributed by atoms with Gasteiger partial charge >= 0.3 is 0 Å². The summed E-state index contributed by atoms with van der Waals surface area (Å²) in [5.74, 6) is 1.83. The maximum Gasteiger partial charge on any atom is 0.123 e. The lowest BCUT2D eigenvalue weighted by Crippen LogP contribution is -2.27. The van der Waals surface area contributed by atoms with E-state index in [4.69, 9.17) is 9.47 Å². The predicted molar refractivity (Wildman–Crippen MR) is 72.3 cm³/mol. The Morgan fingerprint density at radius 1 is 1.17 bits per heavy atom. The van der Waals surface area contributed by atoms with Gasteiger partial charge in [-0.05, 0) is 37.7 Å². The molecule has 0 aliphatic carbocycles. The molecule has 1 aromatic rings. The topological polar surface area (TPSA) is 33.7 Å². The minimum atomic E-state index is 0.888. The van der Waals surface area contributed by atoms with E-state index < -0.39 is 0 Å². The van der Waals surface area contributed by atoms with Gasteiger partial charge in [0, 0.05) is 25.2 Å². The Labute approximate surface area is 109 Å². The Morgan fingerprint density at radius 3 is 2.83 bits per heavy atom. The first-order chi connectivity index (χ1) is 8.83. The van der Waals surface area contributed by atoms with E-state index in [0.29, 0.717) is 0 Å². The summed E-state index contributed by atoms with van der Waals surface area (Å²) in [5, 5.41) is 3.42. The summed E-state index contributed by atoms with van der Waals surface area (Å²) in [6, 6.07) is 5.98. The average molecular weight is 250 g/mol. The second-order valence-corrected chi connectivity index (χ2v) is 4.56. The Bertz CT molecular complexity index is 374. The first-order valence-corrected chi connectivity index (χ1v) is 6.47. The fourth-order valence-electron chi connectivity index (χ4n) is 2.31. The van der Waals surface area contributed by atoms with Gasteiger partial charge in [-0.3, -0.25) is 4.90 Å². The van der Waals surface area contributed by atoms with Crippen molar-refractivity contribution in [3.8, 4) is 11.5 Å². The van der Waals surface area contributed by atoms with Crippen LogP contribution in [-0.4, -0.2) is 45.3 Å². The summed E-state index contributed by atoms with van der Waals surface area (Å²) in [4.78, 5) is 2.46. The quantitative estimate of drug-likeness (QED) is 0.878. The van der Waals surface area contributed by atoms with E-state index in [0.717, 1.165) is 44.2 Å². The molecule has 0 radical (unpaired) electrons. The first kappa shape index (κ1) is 13.2. The highest BCUT2D eigenvalue weighted by Gasteiger charge is 2.12. The molecule has 1 aromatic carbocycles. The van der Waals surface area contributed by atoms with Gasteiger partial charge in [0.15, 0.2) is 0 Å². The molecule has 0 unspecified atom stereocenters. The van der Waals surface area contributed by atoms with Crippen molar-refractivity contribution in [3.63, 3.8) is 0 Å². The lowest BCUT2D eigenvalue weighted by atomic mass is 10.1. The predicted octanol–water partition coefficient (Wildman–Crippen LogP) is 1.50. The largest absolute Gasteiger partial charge is 0.497 e. The molecule has 4 heteroatoms. The molecule has 0 saturated carbocycles. The van der Waals surface area contributed by atoms with E-state index in [-0.39, 0.29) is 0 Å². The van der Waals surface area contributed by atoms with E-state index in [1.165, 1.54) is 12.0 Å². The van der Waals surface area contributed by atoms with Crippen LogP contribution in [0.15, 0.2) is 18.2 Å². The molecule has 4 nitrogen and oxygen atoms in total. The monoisotopic (exact) mass is 250 g/mol. The number of methoxy groups -OCH3 is 2. The summed E-state index contributed by atoms with van der Waals surface area (Å²) in [6.45, 7) is 5.31. The van der Waals surface area contributed by atoms with Crippen LogP contribution >= 0.6 is 0 Å².